The lowest BCUT2D eigenvalue weighted by Crippen LogP contribution is -2.36. The van der Waals surface area contributed by atoms with Crippen LogP contribution in [0.5, 0.6) is 5.75 Å². The first-order valence-electron chi connectivity index (χ1n) is 6.46. The number of ether oxygens (including phenoxy) is 2. The second kappa shape index (κ2) is 6.38. The molecule has 6 heteroatoms. The maximum absolute atomic E-state index is 11.0. The van der Waals surface area contributed by atoms with E-state index in [0.29, 0.717) is 13.2 Å². The van der Waals surface area contributed by atoms with Crippen molar-refractivity contribution in [2.75, 3.05) is 37.8 Å². The molecule has 0 aliphatic carbocycles. The fourth-order valence-corrected chi connectivity index (χ4v) is 1.99. The van der Waals surface area contributed by atoms with Crippen LogP contribution in [0.3, 0.4) is 0 Å². The van der Waals surface area contributed by atoms with Crippen molar-refractivity contribution in [2.24, 2.45) is 0 Å². The monoisotopic (exact) mass is 278 g/mol. The van der Waals surface area contributed by atoms with Crippen molar-refractivity contribution in [1.29, 1.82) is 0 Å². The van der Waals surface area contributed by atoms with E-state index in [1.165, 1.54) is 6.07 Å². The number of nitro groups is 1. The van der Waals surface area contributed by atoms with Crippen LogP contribution >= 0.6 is 0 Å². The normalized spacial score (nSPS) is 14.9. The van der Waals surface area contributed by atoms with Gasteiger partial charge in [-0.1, -0.05) is 6.58 Å². The zero-order valence-electron chi connectivity index (χ0n) is 11.5. The second-order valence-electron chi connectivity index (χ2n) is 4.75. The molecule has 0 aromatic heterocycles. The highest BCUT2D eigenvalue weighted by Crippen LogP contribution is 2.32. The topological polar surface area (TPSA) is 64.8 Å². The summed E-state index contributed by atoms with van der Waals surface area (Å²) in [5, 5.41) is 11.0. The fourth-order valence-electron chi connectivity index (χ4n) is 1.99. The highest BCUT2D eigenvalue weighted by atomic mass is 16.6. The molecule has 0 spiro atoms. The van der Waals surface area contributed by atoms with Crippen molar-refractivity contribution in [3.05, 3.63) is 40.5 Å². The standard InChI is InChI=1S/C14H18N2O4/c1-11(2)10-20-14-9-12(3-4-13(14)16(17)18)15-5-7-19-8-6-15/h3-4,9H,1,5-8,10H2,2H3. The molecule has 1 aromatic rings. The van der Waals surface area contributed by atoms with Gasteiger partial charge in [0.05, 0.1) is 18.1 Å². The van der Waals surface area contributed by atoms with Gasteiger partial charge in [0.15, 0.2) is 5.75 Å². The van der Waals surface area contributed by atoms with Gasteiger partial charge in [-0.15, -0.1) is 0 Å². The van der Waals surface area contributed by atoms with Gasteiger partial charge in [-0.05, 0) is 18.6 Å². The Bertz CT molecular complexity index is 510. The van der Waals surface area contributed by atoms with Gasteiger partial charge in [-0.25, -0.2) is 0 Å². The molecule has 6 nitrogen and oxygen atoms in total. The molecule has 0 saturated carbocycles. The second-order valence-corrected chi connectivity index (χ2v) is 4.75. The Balaban J connectivity index is 2.24. The Morgan fingerprint density at radius 3 is 2.80 bits per heavy atom. The molecule has 108 valence electrons. The minimum Gasteiger partial charge on any atom is -0.482 e. The Labute approximate surface area is 117 Å². The molecule has 0 amide bonds. The number of rotatable bonds is 5. The molecule has 0 atom stereocenters. The van der Waals surface area contributed by atoms with Crippen LogP contribution in [0, 0.1) is 10.1 Å². The van der Waals surface area contributed by atoms with Crippen LogP contribution < -0.4 is 9.64 Å². The summed E-state index contributed by atoms with van der Waals surface area (Å²) in [4.78, 5) is 12.7. The molecule has 20 heavy (non-hydrogen) atoms. The van der Waals surface area contributed by atoms with Gasteiger partial charge in [-0.3, -0.25) is 10.1 Å². The number of nitrogens with zero attached hydrogens (tertiary/aromatic N) is 2. The zero-order chi connectivity index (χ0) is 14.5. The molecule has 1 heterocycles. The molecular weight excluding hydrogens is 260 g/mol. The van der Waals surface area contributed by atoms with Crippen molar-refractivity contribution in [3.63, 3.8) is 0 Å². The number of anilines is 1. The quantitative estimate of drug-likeness (QED) is 0.470. The van der Waals surface area contributed by atoms with Crippen LogP contribution in [0.1, 0.15) is 6.92 Å². The average molecular weight is 278 g/mol. The molecule has 1 aromatic carbocycles. The van der Waals surface area contributed by atoms with Crippen LogP contribution in [-0.2, 0) is 4.74 Å². The van der Waals surface area contributed by atoms with E-state index in [9.17, 15) is 10.1 Å². The summed E-state index contributed by atoms with van der Waals surface area (Å²) >= 11 is 0. The van der Waals surface area contributed by atoms with Crippen LogP contribution in [0.25, 0.3) is 0 Å². The van der Waals surface area contributed by atoms with E-state index in [4.69, 9.17) is 9.47 Å². The minimum absolute atomic E-state index is 0.0248. The van der Waals surface area contributed by atoms with E-state index in [1.807, 2.05) is 6.92 Å². The Morgan fingerprint density at radius 1 is 1.50 bits per heavy atom. The van der Waals surface area contributed by atoms with Gasteiger partial charge in [-0.2, -0.15) is 0 Å². The molecule has 0 unspecified atom stereocenters. The zero-order valence-corrected chi connectivity index (χ0v) is 11.5. The maximum atomic E-state index is 11.0. The first kappa shape index (κ1) is 14.3. The van der Waals surface area contributed by atoms with Crippen molar-refractivity contribution < 1.29 is 14.4 Å². The summed E-state index contributed by atoms with van der Waals surface area (Å²) < 4.78 is 10.8. The number of morpholine rings is 1. The van der Waals surface area contributed by atoms with Crippen molar-refractivity contribution in [1.82, 2.24) is 0 Å². The van der Waals surface area contributed by atoms with Gasteiger partial charge in [0.25, 0.3) is 0 Å². The average Bonchev–Trinajstić information content (AvgIpc) is 2.45. The largest absolute Gasteiger partial charge is 0.482 e. The molecule has 1 aliphatic heterocycles. The lowest BCUT2D eigenvalue weighted by atomic mass is 10.2. The Kier molecular flexibility index (Phi) is 4.57. The van der Waals surface area contributed by atoms with Gasteiger partial charge in [0, 0.05) is 30.9 Å². The van der Waals surface area contributed by atoms with Gasteiger partial charge in [0.2, 0.25) is 0 Å². The Morgan fingerprint density at radius 2 is 2.20 bits per heavy atom. The molecule has 0 N–H and O–H groups in total. The van der Waals surface area contributed by atoms with Crippen LogP contribution in [0.15, 0.2) is 30.4 Å². The number of nitro benzene ring substituents is 1. The lowest BCUT2D eigenvalue weighted by Gasteiger charge is -2.29. The Hall–Kier alpha value is -2.08. The minimum atomic E-state index is -0.434. The molecule has 2 rings (SSSR count). The summed E-state index contributed by atoms with van der Waals surface area (Å²) in [7, 11) is 0. The highest BCUT2D eigenvalue weighted by Gasteiger charge is 2.19. The summed E-state index contributed by atoms with van der Waals surface area (Å²) in [6.45, 7) is 8.71. The third kappa shape index (κ3) is 3.48. The SMILES string of the molecule is C=C(C)COc1cc(N2CCOCC2)ccc1[N+](=O)[O-]. The van der Waals surface area contributed by atoms with Crippen molar-refractivity contribution in [3.8, 4) is 5.75 Å². The van der Waals surface area contributed by atoms with Gasteiger partial charge >= 0.3 is 5.69 Å². The predicted octanol–water partition coefficient (Wildman–Crippen LogP) is 2.39. The van der Waals surface area contributed by atoms with Crippen LogP contribution in [0.2, 0.25) is 0 Å². The summed E-state index contributed by atoms with van der Waals surface area (Å²) in [6.07, 6.45) is 0. The predicted molar refractivity (Wildman–Crippen MR) is 76.4 cm³/mol. The molecule has 1 fully saturated rings. The number of hydrogen-bond donors (Lipinski definition) is 0. The van der Waals surface area contributed by atoms with E-state index in [-0.39, 0.29) is 18.0 Å². The van der Waals surface area contributed by atoms with E-state index >= 15 is 0 Å². The van der Waals surface area contributed by atoms with Crippen molar-refractivity contribution in [2.45, 2.75) is 6.92 Å². The number of benzene rings is 1. The molecule has 0 bridgehead atoms. The first-order chi connectivity index (χ1) is 9.58. The summed E-state index contributed by atoms with van der Waals surface area (Å²) in [5.41, 5.74) is 1.70. The smallest absolute Gasteiger partial charge is 0.311 e. The van der Waals surface area contributed by atoms with E-state index in [0.717, 1.165) is 24.4 Å². The van der Waals surface area contributed by atoms with E-state index in [2.05, 4.69) is 11.5 Å². The van der Waals surface area contributed by atoms with Crippen LogP contribution in [0.4, 0.5) is 11.4 Å². The van der Waals surface area contributed by atoms with Gasteiger partial charge in [0.1, 0.15) is 6.61 Å². The third-order valence-corrected chi connectivity index (χ3v) is 2.99. The maximum Gasteiger partial charge on any atom is 0.311 e. The summed E-state index contributed by atoms with van der Waals surface area (Å²) in [6, 6.07) is 4.95. The van der Waals surface area contributed by atoms with Gasteiger partial charge < -0.3 is 14.4 Å². The molecular formula is C14H18N2O4. The van der Waals surface area contributed by atoms with E-state index < -0.39 is 4.92 Å². The lowest BCUT2D eigenvalue weighted by molar-refractivity contribution is -0.385. The van der Waals surface area contributed by atoms with Crippen LogP contribution in [-0.4, -0.2) is 37.8 Å². The first-order valence-corrected chi connectivity index (χ1v) is 6.46. The summed E-state index contributed by atoms with van der Waals surface area (Å²) in [5.74, 6) is 0.280. The van der Waals surface area contributed by atoms with Crippen molar-refractivity contribution >= 4 is 11.4 Å². The highest BCUT2D eigenvalue weighted by molar-refractivity contribution is 5.59. The fraction of sp³-hybridized carbons (Fsp3) is 0.429. The van der Waals surface area contributed by atoms with E-state index in [1.54, 1.807) is 12.1 Å². The molecule has 1 aliphatic rings. The third-order valence-electron chi connectivity index (χ3n) is 2.99. The number of hydrogen-bond acceptors (Lipinski definition) is 5. The molecule has 1 saturated heterocycles. The molecule has 0 radical (unpaired) electrons.